The molecule has 3 amide bonds. The Morgan fingerprint density at radius 2 is 2.00 bits per heavy atom. The average Bonchev–Trinajstić information content (AvgIpc) is 3.71. The molecule has 1 aliphatic heterocycles. The number of aromatic nitrogens is 2. The van der Waals surface area contributed by atoms with Gasteiger partial charge in [-0.05, 0) is 61.9 Å². The summed E-state index contributed by atoms with van der Waals surface area (Å²) in [5.74, 6) is -3.26. The lowest BCUT2D eigenvalue weighted by Gasteiger charge is -2.16. The molecule has 2 aliphatic rings. The summed E-state index contributed by atoms with van der Waals surface area (Å²) in [5, 5.41) is 8.50. The van der Waals surface area contributed by atoms with Gasteiger partial charge in [-0.15, -0.1) is 11.8 Å². The van der Waals surface area contributed by atoms with E-state index in [-0.39, 0.29) is 36.7 Å². The number of phosphoric ester groups is 1. The standard InChI is InChI=1S/C31H35F2N6O7PS/c1-3-31(32,33)25-17-48-29(37-25)21-13-26(38-30(42)34-4-2)36-14-22(21)19-8-9-20-24(12-19)39(15-18-6-7-18)16-23(27(20)40)28(41)35-10-5-11-46-47(43,44)45/h3,8-9,12-14,16,18,25H,1,4-7,10-11,15,17H2,2H3,(H,35,41)(H2,43,44,45)(H2,34,36,38,42). The van der Waals surface area contributed by atoms with Crippen LogP contribution in [-0.2, 0) is 15.6 Å². The molecular weight excluding hydrogens is 669 g/mol. The zero-order valence-electron chi connectivity index (χ0n) is 25.9. The molecule has 17 heteroatoms. The van der Waals surface area contributed by atoms with Gasteiger partial charge < -0.3 is 25.0 Å². The number of nitrogens with zero attached hydrogens (tertiary/aromatic N) is 3. The summed E-state index contributed by atoms with van der Waals surface area (Å²) in [6, 6.07) is 4.84. The number of fused-ring (bicyclic) bond motifs is 1. The number of carbonyl (C=O) groups excluding carboxylic acids is 2. The number of hydrogen-bond donors (Lipinski definition) is 5. The molecule has 0 saturated heterocycles. The maximum Gasteiger partial charge on any atom is 0.469 e. The van der Waals surface area contributed by atoms with Crippen LogP contribution in [0.3, 0.4) is 0 Å². The van der Waals surface area contributed by atoms with Gasteiger partial charge in [0, 0.05) is 54.3 Å². The highest BCUT2D eigenvalue weighted by Gasteiger charge is 2.40. The van der Waals surface area contributed by atoms with Crippen molar-refractivity contribution >= 4 is 53.3 Å². The number of pyridine rings is 2. The lowest BCUT2D eigenvalue weighted by atomic mass is 9.99. The van der Waals surface area contributed by atoms with E-state index in [0.717, 1.165) is 24.6 Å². The largest absolute Gasteiger partial charge is 0.469 e. The van der Waals surface area contributed by atoms with Crippen LogP contribution in [0, 0.1) is 5.92 Å². The van der Waals surface area contributed by atoms with Crippen LogP contribution < -0.4 is 21.4 Å². The molecule has 0 spiro atoms. The molecule has 0 radical (unpaired) electrons. The van der Waals surface area contributed by atoms with Gasteiger partial charge in [-0.3, -0.25) is 24.4 Å². The molecule has 1 aromatic carbocycles. The predicted molar refractivity (Wildman–Crippen MR) is 180 cm³/mol. The number of amides is 3. The van der Waals surface area contributed by atoms with Gasteiger partial charge in [-0.1, -0.05) is 12.6 Å². The Kier molecular flexibility index (Phi) is 10.8. The first-order valence-corrected chi connectivity index (χ1v) is 17.7. The van der Waals surface area contributed by atoms with Crippen LogP contribution in [0.15, 0.2) is 59.1 Å². The molecule has 3 heterocycles. The number of anilines is 1. The minimum absolute atomic E-state index is 0.0232. The second-order valence-electron chi connectivity index (χ2n) is 11.4. The van der Waals surface area contributed by atoms with Crippen molar-refractivity contribution in [1.29, 1.82) is 0 Å². The summed E-state index contributed by atoms with van der Waals surface area (Å²) in [6.45, 7) is 5.69. The van der Waals surface area contributed by atoms with Crippen molar-refractivity contribution in [3.8, 4) is 11.1 Å². The van der Waals surface area contributed by atoms with E-state index in [4.69, 9.17) is 9.79 Å². The van der Waals surface area contributed by atoms with E-state index in [0.29, 0.717) is 57.7 Å². The van der Waals surface area contributed by atoms with Gasteiger partial charge >= 0.3 is 13.9 Å². The quantitative estimate of drug-likeness (QED) is 0.0914. The molecule has 1 unspecified atom stereocenters. The number of aliphatic imine (C=N–C) groups is 1. The lowest BCUT2D eigenvalue weighted by Crippen LogP contribution is -2.31. The maximum absolute atomic E-state index is 14.5. The third kappa shape index (κ3) is 8.55. The van der Waals surface area contributed by atoms with E-state index in [2.05, 4.69) is 37.0 Å². The maximum atomic E-state index is 14.5. The molecule has 1 fully saturated rings. The number of carbonyl (C=O) groups is 2. The summed E-state index contributed by atoms with van der Waals surface area (Å²) >= 11 is 1.15. The number of nitrogens with one attached hydrogen (secondary N) is 3. The van der Waals surface area contributed by atoms with Gasteiger partial charge in [0.05, 0.1) is 17.2 Å². The number of benzene rings is 1. The van der Waals surface area contributed by atoms with Crippen molar-refractivity contribution in [3.05, 3.63) is 70.7 Å². The Bertz CT molecular complexity index is 1880. The second-order valence-corrected chi connectivity index (χ2v) is 13.6. The Balaban J connectivity index is 1.52. The first-order valence-electron chi connectivity index (χ1n) is 15.2. The molecular formula is C31H35F2N6O7PS. The number of urea groups is 1. The van der Waals surface area contributed by atoms with Crippen LogP contribution in [0.5, 0.6) is 0 Å². The Hall–Kier alpha value is -3.95. The summed E-state index contributed by atoms with van der Waals surface area (Å²) in [5.41, 5.74) is 1.60. The van der Waals surface area contributed by atoms with Crippen molar-refractivity contribution in [1.82, 2.24) is 20.2 Å². The molecule has 256 valence electrons. The van der Waals surface area contributed by atoms with Crippen LogP contribution in [-0.4, -0.2) is 73.7 Å². The molecule has 1 saturated carbocycles. The number of thioether (sulfide) groups is 1. The minimum atomic E-state index is -4.63. The van der Waals surface area contributed by atoms with Crippen molar-refractivity contribution in [2.75, 3.05) is 30.8 Å². The normalized spacial score (nSPS) is 16.4. The molecule has 1 atom stereocenters. The third-order valence-electron chi connectivity index (χ3n) is 7.74. The van der Waals surface area contributed by atoms with E-state index in [1.165, 1.54) is 12.4 Å². The molecule has 0 bridgehead atoms. The van der Waals surface area contributed by atoms with Crippen LogP contribution in [0.25, 0.3) is 22.0 Å². The van der Waals surface area contributed by atoms with Gasteiger partial charge in [0.1, 0.15) is 17.4 Å². The average molecular weight is 705 g/mol. The fourth-order valence-electron chi connectivity index (χ4n) is 5.11. The third-order valence-corrected chi connectivity index (χ3v) is 9.34. The summed E-state index contributed by atoms with van der Waals surface area (Å²) in [7, 11) is -4.63. The molecule has 5 rings (SSSR count). The highest BCUT2D eigenvalue weighted by molar-refractivity contribution is 8.14. The van der Waals surface area contributed by atoms with E-state index in [9.17, 15) is 27.7 Å². The monoisotopic (exact) mass is 704 g/mol. The van der Waals surface area contributed by atoms with Crippen molar-refractivity contribution in [2.45, 2.75) is 44.7 Å². The fraction of sp³-hybridized carbons (Fsp3) is 0.387. The highest BCUT2D eigenvalue weighted by atomic mass is 32.2. The molecule has 1 aliphatic carbocycles. The van der Waals surface area contributed by atoms with Gasteiger partial charge in [0.2, 0.25) is 5.43 Å². The fourth-order valence-corrected chi connectivity index (χ4v) is 6.61. The molecule has 48 heavy (non-hydrogen) atoms. The van der Waals surface area contributed by atoms with Gasteiger partial charge in [0.15, 0.2) is 0 Å². The summed E-state index contributed by atoms with van der Waals surface area (Å²) in [6.07, 6.45) is 5.71. The zero-order valence-corrected chi connectivity index (χ0v) is 27.7. The van der Waals surface area contributed by atoms with E-state index in [1.807, 2.05) is 4.57 Å². The number of phosphoric acid groups is 1. The minimum Gasteiger partial charge on any atom is -0.352 e. The van der Waals surface area contributed by atoms with Crippen LogP contribution in [0.1, 0.15) is 42.1 Å². The van der Waals surface area contributed by atoms with Crippen LogP contribution >= 0.6 is 19.6 Å². The van der Waals surface area contributed by atoms with E-state index < -0.39 is 37.2 Å². The highest BCUT2D eigenvalue weighted by Crippen LogP contribution is 2.38. The topological polar surface area (TPSA) is 184 Å². The Morgan fingerprint density at radius 1 is 1.23 bits per heavy atom. The summed E-state index contributed by atoms with van der Waals surface area (Å²) in [4.78, 5) is 65.2. The zero-order chi connectivity index (χ0) is 34.6. The smallest absolute Gasteiger partial charge is 0.352 e. The van der Waals surface area contributed by atoms with Gasteiger partial charge in [0.25, 0.3) is 11.8 Å². The number of rotatable bonds is 14. The van der Waals surface area contributed by atoms with Gasteiger partial charge in [-0.25, -0.2) is 14.3 Å². The molecule has 13 nitrogen and oxygen atoms in total. The van der Waals surface area contributed by atoms with E-state index in [1.54, 1.807) is 31.2 Å². The first kappa shape index (κ1) is 35.4. The van der Waals surface area contributed by atoms with Crippen LogP contribution in [0.4, 0.5) is 19.4 Å². The van der Waals surface area contributed by atoms with Crippen molar-refractivity contribution in [3.63, 3.8) is 0 Å². The Morgan fingerprint density at radius 3 is 2.69 bits per heavy atom. The van der Waals surface area contributed by atoms with Crippen LogP contribution in [0.2, 0.25) is 0 Å². The lowest BCUT2D eigenvalue weighted by molar-refractivity contribution is 0.0362. The Labute approximate surface area is 278 Å². The predicted octanol–water partition coefficient (Wildman–Crippen LogP) is 4.53. The molecule has 3 aromatic rings. The van der Waals surface area contributed by atoms with E-state index >= 15 is 0 Å². The van der Waals surface area contributed by atoms with Gasteiger partial charge in [-0.2, -0.15) is 8.78 Å². The molecule has 2 aromatic heterocycles. The van der Waals surface area contributed by atoms with Crippen molar-refractivity contribution in [2.24, 2.45) is 10.9 Å². The SMILES string of the molecule is C=CC(F)(F)C1CSC(c2cc(NC(=O)NCC)ncc2-c2ccc3c(=O)c(C(=O)NCCCOP(=O)(O)O)cn(CC4CC4)c3c2)=N1. The number of halogens is 2. The summed E-state index contributed by atoms with van der Waals surface area (Å²) < 4.78 is 46.1. The van der Waals surface area contributed by atoms with Crippen molar-refractivity contribution < 1.29 is 37.2 Å². The second kappa shape index (κ2) is 14.7. The first-order chi connectivity index (χ1) is 22.8. The number of hydrogen-bond acceptors (Lipinski definition) is 8. The molecule has 5 N–H and O–H groups in total. The number of alkyl halides is 2.